The van der Waals surface area contributed by atoms with Crippen molar-refractivity contribution in [3.8, 4) is 0 Å². The molecule has 15 heteroatoms. The van der Waals surface area contributed by atoms with Gasteiger partial charge >= 0.3 is 0 Å². The van der Waals surface area contributed by atoms with Crippen LogP contribution < -0.4 is 5.32 Å². The summed E-state index contributed by atoms with van der Waals surface area (Å²) >= 11 is 5.50. The predicted octanol–water partition coefficient (Wildman–Crippen LogP) is 3.93. The number of anilines is 2. The zero-order valence-electron chi connectivity index (χ0n) is 19.5. The lowest BCUT2D eigenvalue weighted by Crippen LogP contribution is -2.02. The summed E-state index contributed by atoms with van der Waals surface area (Å²) in [5.41, 5.74) is 1.06. The van der Waals surface area contributed by atoms with Gasteiger partial charge in [0.1, 0.15) is 10.7 Å². The number of sulfone groups is 2. The Bertz CT molecular complexity index is 1530. The summed E-state index contributed by atoms with van der Waals surface area (Å²) in [6.07, 6.45) is 2.50. The first-order valence-corrected chi connectivity index (χ1v) is 14.4. The maximum absolute atomic E-state index is 11.5. The standard InChI is InChI=1S/C15H16N2O5S.C7H6ClNO4S/c1-23(21,22)13-6-7-14(15(10-13)17(19)20)16-12-4-2-11(3-5-12)8-9-18;1-14(12,13)5-2-3-6(8)7(4-5)9(10)11/h2-7,10,16,18H,8-9H2,1H3;2-4H,1H3. The molecule has 2 N–H and O–H groups in total. The second-order valence-electron chi connectivity index (χ2n) is 7.65. The molecule has 3 rings (SSSR count). The summed E-state index contributed by atoms with van der Waals surface area (Å²) in [4.78, 5) is 20.0. The van der Waals surface area contributed by atoms with Crippen molar-refractivity contribution in [2.45, 2.75) is 16.2 Å². The van der Waals surface area contributed by atoms with Crippen molar-refractivity contribution in [2.24, 2.45) is 0 Å². The van der Waals surface area contributed by atoms with E-state index in [2.05, 4.69) is 5.32 Å². The van der Waals surface area contributed by atoms with Gasteiger partial charge in [-0.25, -0.2) is 16.8 Å². The Morgan fingerprint density at radius 2 is 1.30 bits per heavy atom. The number of halogens is 1. The molecule has 0 aliphatic carbocycles. The highest BCUT2D eigenvalue weighted by molar-refractivity contribution is 7.91. The van der Waals surface area contributed by atoms with Crippen LogP contribution in [0.15, 0.2) is 70.5 Å². The molecule has 0 aromatic heterocycles. The van der Waals surface area contributed by atoms with Crippen LogP contribution in [-0.2, 0) is 26.1 Å². The molecule has 0 saturated carbocycles. The second-order valence-corrected chi connectivity index (χ2v) is 12.1. The Hall–Kier alpha value is -3.59. The minimum atomic E-state index is -3.52. The first kappa shape index (κ1) is 29.6. The molecule has 0 bridgehead atoms. The van der Waals surface area contributed by atoms with E-state index in [0.29, 0.717) is 12.1 Å². The van der Waals surface area contributed by atoms with Crippen LogP contribution in [0.2, 0.25) is 5.02 Å². The first-order chi connectivity index (χ1) is 17.1. The summed E-state index contributed by atoms with van der Waals surface area (Å²) in [7, 11) is -6.95. The number of nitro benzene ring substituents is 2. The number of rotatable bonds is 8. The fourth-order valence-electron chi connectivity index (χ4n) is 2.90. The molecule has 0 amide bonds. The van der Waals surface area contributed by atoms with E-state index in [0.717, 1.165) is 30.2 Å². The molecule has 0 heterocycles. The summed E-state index contributed by atoms with van der Waals surface area (Å²) < 4.78 is 45.1. The van der Waals surface area contributed by atoms with Crippen molar-refractivity contribution in [3.05, 3.63) is 91.5 Å². The largest absolute Gasteiger partial charge is 0.396 e. The average molecular weight is 572 g/mol. The van der Waals surface area contributed by atoms with Gasteiger partial charge in [-0.3, -0.25) is 20.2 Å². The van der Waals surface area contributed by atoms with Crippen LogP contribution in [0.4, 0.5) is 22.7 Å². The Morgan fingerprint density at radius 3 is 1.76 bits per heavy atom. The van der Waals surface area contributed by atoms with Crippen molar-refractivity contribution in [1.82, 2.24) is 0 Å². The third-order valence-electron chi connectivity index (χ3n) is 4.77. The van der Waals surface area contributed by atoms with E-state index < -0.39 is 35.2 Å². The van der Waals surface area contributed by atoms with E-state index in [1.165, 1.54) is 24.3 Å². The molecule has 0 aliphatic rings. The SMILES string of the molecule is CS(=O)(=O)c1ccc(Cl)c([N+](=O)[O-])c1.CS(=O)(=O)c1ccc(Nc2ccc(CCO)cc2)c([N+](=O)[O-])c1. The lowest BCUT2D eigenvalue weighted by Gasteiger charge is -2.09. The van der Waals surface area contributed by atoms with E-state index >= 15 is 0 Å². The molecule has 0 aliphatic heterocycles. The van der Waals surface area contributed by atoms with Crippen LogP contribution in [-0.4, -0.2) is 50.9 Å². The quantitative estimate of drug-likeness (QED) is 0.296. The second kappa shape index (κ2) is 12.1. The topological polar surface area (TPSA) is 187 Å². The Morgan fingerprint density at radius 1 is 0.811 bits per heavy atom. The molecule has 3 aromatic rings. The van der Waals surface area contributed by atoms with Crippen LogP contribution in [0.3, 0.4) is 0 Å². The Kier molecular flexibility index (Phi) is 9.69. The van der Waals surface area contributed by atoms with Crippen molar-refractivity contribution in [2.75, 3.05) is 24.4 Å². The number of benzene rings is 3. The maximum atomic E-state index is 11.5. The summed E-state index contributed by atoms with van der Waals surface area (Å²) in [5.74, 6) is 0. The van der Waals surface area contributed by atoms with Gasteiger partial charge < -0.3 is 10.4 Å². The molecule has 0 fully saturated rings. The fourth-order valence-corrected chi connectivity index (χ4v) is 4.37. The van der Waals surface area contributed by atoms with Gasteiger partial charge in [-0.1, -0.05) is 23.7 Å². The minimum absolute atomic E-state index is 0.0468. The van der Waals surface area contributed by atoms with Crippen molar-refractivity contribution < 1.29 is 31.8 Å². The van der Waals surface area contributed by atoms with Crippen LogP contribution >= 0.6 is 11.6 Å². The number of aliphatic hydroxyl groups excluding tert-OH is 1. The van der Waals surface area contributed by atoms with Gasteiger partial charge in [0.25, 0.3) is 11.4 Å². The van der Waals surface area contributed by atoms with E-state index in [-0.39, 0.29) is 32.8 Å². The Labute approximate surface area is 217 Å². The van der Waals surface area contributed by atoms with Crippen molar-refractivity contribution in [3.63, 3.8) is 0 Å². The number of aliphatic hydroxyl groups is 1. The van der Waals surface area contributed by atoms with Crippen LogP contribution in [0.1, 0.15) is 5.56 Å². The van der Waals surface area contributed by atoms with Crippen LogP contribution in [0, 0.1) is 20.2 Å². The van der Waals surface area contributed by atoms with Gasteiger partial charge in [-0.05, 0) is 48.4 Å². The fraction of sp³-hybridized carbons (Fsp3) is 0.182. The van der Waals surface area contributed by atoms with Gasteiger partial charge in [0.15, 0.2) is 19.7 Å². The number of nitrogens with one attached hydrogen (secondary N) is 1. The molecule has 0 spiro atoms. The third kappa shape index (κ3) is 8.49. The van der Waals surface area contributed by atoms with Crippen molar-refractivity contribution >= 4 is 54.0 Å². The average Bonchev–Trinajstić information content (AvgIpc) is 2.79. The lowest BCUT2D eigenvalue weighted by molar-refractivity contribution is -0.384. The first-order valence-electron chi connectivity index (χ1n) is 10.2. The highest BCUT2D eigenvalue weighted by Gasteiger charge is 2.19. The molecule has 37 heavy (non-hydrogen) atoms. The normalized spacial score (nSPS) is 11.2. The predicted molar refractivity (Wildman–Crippen MR) is 138 cm³/mol. The van der Waals surface area contributed by atoms with Gasteiger partial charge in [0.05, 0.1) is 19.6 Å². The molecule has 12 nitrogen and oxygen atoms in total. The lowest BCUT2D eigenvalue weighted by atomic mass is 10.1. The minimum Gasteiger partial charge on any atom is -0.396 e. The monoisotopic (exact) mass is 571 g/mol. The number of hydrogen-bond donors (Lipinski definition) is 2. The molecular formula is C22H22ClN3O9S2. The smallest absolute Gasteiger partial charge is 0.293 e. The molecular weight excluding hydrogens is 550 g/mol. The Balaban J connectivity index is 0.000000294. The molecule has 0 unspecified atom stereocenters. The number of nitrogens with zero attached hydrogens (tertiary/aromatic N) is 2. The van der Waals surface area contributed by atoms with E-state index in [4.69, 9.17) is 16.7 Å². The maximum Gasteiger partial charge on any atom is 0.293 e. The van der Waals surface area contributed by atoms with Crippen LogP contribution in [0.25, 0.3) is 0 Å². The van der Waals surface area contributed by atoms with E-state index in [9.17, 15) is 37.1 Å². The van der Waals surface area contributed by atoms with Gasteiger partial charge in [-0.2, -0.15) is 0 Å². The third-order valence-corrected chi connectivity index (χ3v) is 7.31. The summed E-state index contributed by atoms with van der Waals surface area (Å²) in [5, 5.41) is 33.3. The zero-order valence-corrected chi connectivity index (χ0v) is 21.9. The number of nitro groups is 2. The van der Waals surface area contributed by atoms with Gasteiger partial charge in [0.2, 0.25) is 0 Å². The summed E-state index contributed by atoms with van der Waals surface area (Å²) in [6.45, 7) is 0.0468. The molecule has 0 radical (unpaired) electrons. The highest BCUT2D eigenvalue weighted by atomic mass is 35.5. The molecule has 198 valence electrons. The number of hydrogen-bond acceptors (Lipinski definition) is 10. The molecule has 3 aromatic carbocycles. The zero-order chi connectivity index (χ0) is 28.0. The van der Waals surface area contributed by atoms with Gasteiger partial charge in [-0.15, -0.1) is 0 Å². The summed E-state index contributed by atoms with van der Waals surface area (Å²) in [6, 6.07) is 14.2. The van der Waals surface area contributed by atoms with E-state index in [1.54, 1.807) is 24.3 Å². The van der Waals surface area contributed by atoms with Gasteiger partial charge in [0, 0.05) is 36.9 Å². The molecule has 0 atom stereocenters. The van der Waals surface area contributed by atoms with Crippen molar-refractivity contribution in [1.29, 1.82) is 0 Å². The van der Waals surface area contributed by atoms with E-state index in [1.807, 2.05) is 0 Å². The molecule has 0 saturated heterocycles. The highest BCUT2D eigenvalue weighted by Crippen LogP contribution is 2.30. The van der Waals surface area contributed by atoms with Crippen LogP contribution in [0.5, 0.6) is 0 Å².